The average molecular weight is 318 g/mol. The van der Waals surface area contributed by atoms with Crippen molar-refractivity contribution in [1.82, 2.24) is 0 Å². The van der Waals surface area contributed by atoms with E-state index in [1.165, 1.54) is 0 Å². The maximum atomic E-state index is 13.7. The summed E-state index contributed by atoms with van der Waals surface area (Å²) in [6, 6.07) is 0. The van der Waals surface area contributed by atoms with Gasteiger partial charge >= 0.3 is 0 Å². The van der Waals surface area contributed by atoms with Crippen LogP contribution in [0.25, 0.3) is 0 Å². The number of halogens is 4. The topological polar surface area (TPSA) is 38.7 Å². The molecule has 0 aliphatic heterocycles. The molecule has 0 fully saturated rings. The Labute approximate surface area is 115 Å². The predicted octanol–water partition coefficient (Wildman–Crippen LogP) is 4.56. The Kier molecular flexibility index (Phi) is 5.51. The Bertz CT molecular complexity index is 448. The van der Waals surface area contributed by atoms with Crippen molar-refractivity contribution < 1.29 is 32.2 Å². The van der Waals surface area contributed by atoms with Crippen LogP contribution in [0, 0.1) is 23.3 Å². The van der Waals surface area contributed by atoms with Crippen LogP contribution in [0.3, 0.4) is 0 Å². The molecule has 0 heterocycles. The highest BCUT2D eigenvalue weighted by Gasteiger charge is 2.29. The van der Waals surface area contributed by atoms with Crippen LogP contribution in [0.15, 0.2) is 9.79 Å². The van der Waals surface area contributed by atoms with E-state index in [-0.39, 0.29) is 12.0 Å². The second-order valence-corrected chi connectivity index (χ2v) is 6.90. The van der Waals surface area contributed by atoms with Gasteiger partial charge in [0.05, 0.1) is 16.9 Å². The van der Waals surface area contributed by atoms with Gasteiger partial charge in [-0.15, -0.1) is 16.1 Å². The first kappa shape index (κ1) is 16.6. The third kappa shape index (κ3) is 3.99. The summed E-state index contributed by atoms with van der Waals surface area (Å²) in [6.45, 7) is 4.91. The average Bonchev–Trinajstić information content (AvgIpc) is 2.31. The Morgan fingerprint density at radius 3 is 1.68 bits per heavy atom. The summed E-state index contributed by atoms with van der Waals surface area (Å²) in [7, 11) is 0. The Morgan fingerprint density at radius 2 is 1.32 bits per heavy atom. The summed E-state index contributed by atoms with van der Waals surface area (Å²) in [5.41, 5.74) is 0. The zero-order valence-corrected chi connectivity index (χ0v) is 11.7. The van der Waals surface area contributed by atoms with Gasteiger partial charge < -0.3 is 0 Å². The minimum Gasteiger partial charge on any atom is -0.220 e. The third-order valence-corrected chi connectivity index (χ3v) is 3.57. The van der Waals surface area contributed by atoms with Crippen molar-refractivity contribution in [3.8, 4) is 0 Å². The minimum atomic E-state index is -1.62. The smallest absolute Gasteiger partial charge is 0.179 e. The molecule has 1 rings (SSSR count). The number of hydrogen-bond acceptors (Lipinski definition) is 5. The molecule has 0 saturated heterocycles. The number of rotatable bonds is 4. The van der Waals surface area contributed by atoms with Gasteiger partial charge in [-0.05, 0) is 0 Å². The fourth-order valence-corrected chi connectivity index (χ4v) is 2.50. The zero-order valence-electron chi connectivity index (χ0n) is 10.1. The molecule has 0 amide bonds. The van der Waals surface area contributed by atoms with E-state index in [2.05, 4.69) is 9.37 Å². The molecule has 1 N–H and O–H groups in total. The van der Waals surface area contributed by atoms with Crippen molar-refractivity contribution >= 4 is 23.8 Å². The van der Waals surface area contributed by atoms with Gasteiger partial charge in [0, 0.05) is 4.75 Å². The third-order valence-electron chi connectivity index (χ3n) is 1.74. The van der Waals surface area contributed by atoms with E-state index in [1.807, 2.05) is 0 Å². The molecular weight excluding hydrogens is 308 g/mol. The van der Waals surface area contributed by atoms with Crippen LogP contribution in [-0.4, -0.2) is 10.0 Å². The molecule has 0 spiro atoms. The molecule has 0 bridgehead atoms. The highest BCUT2D eigenvalue weighted by molar-refractivity contribution is 8.00. The Hall–Kier alpha value is -0.480. The van der Waals surface area contributed by atoms with Crippen molar-refractivity contribution in [2.75, 3.05) is 0 Å². The molecule has 3 nitrogen and oxygen atoms in total. The van der Waals surface area contributed by atoms with E-state index in [4.69, 9.17) is 5.26 Å². The summed E-state index contributed by atoms with van der Waals surface area (Å²) < 4.78 is 57.7. The van der Waals surface area contributed by atoms with Gasteiger partial charge in [0.1, 0.15) is 4.90 Å². The van der Waals surface area contributed by atoms with Crippen molar-refractivity contribution in [3.05, 3.63) is 23.3 Å². The first-order valence-electron chi connectivity index (χ1n) is 4.88. The zero-order chi connectivity index (χ0) is 14.8. The minimum absolute atomic E-state index is 0.183. The highest BCUT2D eigenvalue weighted by Crippen LogP contribution is 2.40. The molecule has 0 unspecified atom stereocenters. The molecule has 0 aliphatic carbocycles. The lowest BCUT2D eigenvalue weighted by atomic mass is 10.3. The molecule has 0 saturated carbocycles. The van der Waals surface area contributed by atoms with Crippen LogP contribution in [0.5, 0.6) is 0 Å². The van der Waals surface area contributed by atoms with Gasteiger partial charge in [0.25, 0.3) is 0 Å². The van der Waals surface area contributed by atoms with Crippen molar-refractivity contribution in [2.45, 2.75) is 35.3 Å². The van der Waals surface area contributed by atoms with Gasteiger partial charge in [-0.1, -0.05) is 25.8 Å². The predicted molar refractivity (Wildman–Crippen MR) is 62.5 cm³/mol. The molecule has 0 aromatic heterocycles. The van der Waals surface area contributed by atoms with Gasteiger partial charge in [0.15, 0.2) is 23.3 Å². The van der Waals surface area contributed by atoms with E-state index < -0.39 is 37.8 Å². The van der Waals surface area contributed by atoms with Crippen LogP contribution in [0.4, 0.5) is 17.6 Å². The summed E-state index contributed by atoms with van der Waals surface area (Å²) in [6.07, 6.45) is 0. The SMILES string of the molecule is CC(C)(C)Sc1c(F)c(F)c(SOOO)c(F)c1F. The maximum Gasteiger partial charge on any atom is 0.179 e. The van der Waals surface area contributed by atoms with E-state index in [9.17, 15) is 17.6 Å². The van der Waals surface area contributed by atoms with Crippen molar-refractivity contribution in [1.29, 1.82) is 0 Å². The van der Waals surface area contributed by atoms with Gasteiger partial charge in [0.2, 0.25) is 0 Å². The highest BCUT2D eigenvalue weighted by atomic mass is 32.2. The normalized spacial score (nSPS) is 12.0. The van der Waals surface area contributed by atoms with Crippen LogP contribution in [-0.2, 0) is 9.37 Å². The van der Waals surface area contributed by atoms with E-state index in [1.54, 1.807) is 20.8 Å². The second-order valence-electron chi connectivity index (χ2n) is 4.35. The molecule has 1 aromatic rings. The maximum absolute atomic E-state index is 13.7. The van der Waals surface area contributed by atoms with Crippen molar-refractivity contribution in [3.63, 3.8) is 0 Å². The number of thioether (sulfide) groups is 1. The Morgan fingerprint density at radius 1 is 0.895 bits per heavy atom. The molecule has 1 aromatic carbocycles. The van der Waals surface area contributed by atoms with Gasteiger partial charge in [-0.3, -0.25) is 0 Å². The van der Waals surface area contributed by atoms with Crippen LogP contribution < -0.4 is 0 Å². The number of benzene rings is 1. The molecule has 0 atom stereocenters. The second kappa shape index (κ2) is 6.31. The Balaban J connectivity index is 3.30. The lowest BCUT2D eigenvalue weighted by molar-refractivity contribution is -0.432. The van der Waals surface area contributed by atoms with Crippen LogP contribution in [0.1, 0.15) is 20.8 Å². The van der Waals surface area contributed by atoms with E-state index in [0.717, 1.165) is 0 Å². The molecule has 108 valence electrons. The fourth-order valence-electron chi connectivity index (χ4n) is 1.11. The first-order valence-corrected chi connectivity index (χ1v) is 6.44. The molecule has 0 aliphatic rings. The lowest BCUT2D eigenvalue weighted by Gasteiger charge is -2.19. The summed E-state index contributed by atoms with van der Waals surface area (Å²) >= 11 is 0.471. The largest absolute Gasteiger partial charge is 0.220 e. The van der Waals surface area contributed by atoms with Gasteiger partial charge in [-0.25, -0.2) is 22.8 Å². The molecular formula is C10H10F4O3S2. The van der Waals surface area contributed by atoms with Crippen molar-refractivity contribution in [2.24, 2.45) is 0 Å². The van der Waals surface area contributed by atoms with Crippen LogP contribution >= 0.6 is 23.8 Å². The monoisotopic (exact) mass is 318 g/mol. The summed E-state index contributed by atoms with van der Waals surface area (Å²) in [4.78, 5) is -1.83. The standard InChI is InChI=1S/C10H10F4O3S2/c1-10(2,3)18-8-4(11)6(13)9(19-17-16-15)7(14)5(8)12/h15H,1-3H3. The molecule has 0 radical (unpaired) electrons. The summed E-state index contributed by atoms with van der Waals surface area (Å²) in [5.74, 6) is -6.29. The molecule has 9 heteroatoms. The number of hydrogen-bond donors (Lipinski definition) is 1. The quantitative estimate of drug-likeness (QED) is 0.220. The fraction of sp³-hybridized carbons (Fsp3) is 0.400. The lowest BCUT2D eigenvalue weighted by Crippen LogP contribution is -2.11. The first-order chi connectivity index (χ1) is 8.69. The molecule has 19 heavy (non-hydrogen) atoms. The van der Waals surface area contributed by atoms with Crippen LogP contribution in [0.2, 0.25) is 0 Å². The van der Waals surface area contributed by atoms with E-state index >= 15 is 0 Å². The van der Waals surface area contributed by atoms with Gasteiger partial charge in [-0.2, -0.15) is 0 Å². The van der Waals surface area contributed by atoms with E-state index in [0.29, 0.717) is 11.8 Å². The summed E-state index contributed by atoms with van der Waals surface area (Å²) in [5, 5.41) is 11.0.